The predicted molar refractivity (Wildman–Crippen MR) is 50.2 cm³/mol. The zero-order valence-corrected chi connectivity index (χ0v) is 7.86. The number of rotatable bonds is 4. The summed E-state index contributed by atoms with van der Waals surface area (Å²) < 4.78 is 0. The number of hydrogen-bond acceptors (Lipinski definition) is 3. The Morgan fingerprint density at radius 2 is 2.07 bits per heavy atom. The van der Waals surface area contributed by atoms with Crippen molar-refractivity contribution in [2.24, 2.45) is 0 Å². The lowest BCUT2D eigenvalue weighted by Gasteiger charge is -1.98. The highest BCUT2D eigenvalue weighted by atomic mass is 16.4. The smallest absolute Gasteiger partial charge is 0.303 e. The maximum absolute atomic E-state index is 11.4. The van der Waals surface area contributed by atoms with Crippen LogP contribution in [0.4, 0.5) is 0 Å². The van der Waals surface area contributed by atoms with E-state index in [9.17, 15) is 9.59 Å². The number of aryl methyl sites for hydroxylation is 1. The zero-order chi connectivity index (χ0) is 10.6. The van der Waals surface area contributed by atoms with Gasteiger partial charge in [-0.1, -0.05) is 6.07 Å². The lowest BCUT2D eigenvalue weighted by molar-refractivity contribution is -0.136. The molecule has 0 saturated carbocycles. The number of ketones is 1. The molecule has 4 heteroatoms. The average molecular weight is 193 g/mol. The van der Waals surface area contributed by atoms with Crippen LogP contribution in [-0.4, -0.2) is 21.8 Å². The van der Waals surface area contributed by atoms with E-state index in [0.717, 1.165) is 5.69 Å². The maximum Gasteiger partial charge on any atom is 0.303 e. The monoisotopic (exact) mass is 193 g/mol. The summed E-state index contributed by atoms with van der Waals surface area (Å²) in [5.74, 6) is -1.19. The van der Waals surface area contributed by atoms with Crippen LogP contribution < -0.4 is 0 Å². The first-order valence-corrected chi connectivity index (χ1v) is 4.28. The van der Waals surface area contributed by atoms with Gasteiger partial charge in [-0.15, -0.1) is 0 Å². The van der Waals surface area contributed by atoms with Crippen LogP contribution >= 0.6 is 0 Å². The first-order valence-electron chi connectivity index (χ1n) is 4.28. The molecular weight excluding hydrogens is 182 g/mol. The largest absolute Gasteiger partial charge is 0.481 e. The number of hydrogen-bond donors (Lipinski definition) is 1. The summed E-state index contributed by atoms with van der Waals surface area (Å²) in [4.78, 5) is 25.6. The molecule has 14 heavy (non-hydrogen) atoms. The molecule has 1 aromatic rings. The second kappa shape index (κ2) is 4.50. The number of aromatic nitrogens is 1. The fraction of sp³-hybridized carbons (Fsp3) is 0.300. The van der Waals surface area contributed by atoms with Crippen molar-refractivity contribution in [1.29, 1.82) is 0 Å². The van der Waals surface area contributed by atoms with E-state index in [2.05, 4.69) is 4.98 Å². The molecular formula is C10H11NO3. The molecule has 0 fully saturated rings. The van der Waals surface area contributed by atoms with Crippen molar-refractivity contribution in [1.82, 2.24) is 4.98 Å². The molecule has 1 rings (SSSR count). The van der Waals surface area contributed by atoms with E-state index in [1.165, 1.54) is 0 Å². The maximum atomic E-state index is 11.4. The van der Waals surface area contributed by atoms with Gasteiger partial charge in [0.2, 0.25) is 0 Å². The quantitative estimate of drug-likeness (QED) is 0.734. The predicted octanol–water partition coefficient (Wildman–Crippen LogP) is 1.44. The van der Waals surface area contributed by atoms with Gasteiger partial charge in [-0.05, 0) is 19.1 Å². The zero-order valence-electron chi connectivity index (χ0n) is 7.86. The summed E-state index contributed by atoms with van der Waals surface area (Å²) in [6, 6.07) is 5.11. The normalized spacial score (nSPS) is 9.79. The standard InChI is InChI=1S/C10H11NO3/c1-7-3-2-4-8(11-7)9(12)5-6-10(13)14/h2-4H,5-6H2,1H3,(H,13,14). The Bertz CT molecular complexity index is 360. The van der Waals surface area contributed by atoms with E-state index < -0.39 is 5.97 Å². The van der Waals surface area contributed by atoms with Gasteiger partial charge in [0.25, 0.3) is 0 Å². The molecule has 0 aliphatic heterocycles. The topological polar surface area (TPSA) is 67.3 Å². The molecule has 0 bridgehead atoms. The Labute approximate surface area is 81.6 Å². The molecule has 1 aromatic heterocycles. The van der Waals surface area contributed by atoms with Crippen LogP contribution in [0.3, 0.4) is 0 Å². The molecule has 0 aliphatic carbocycles. The van der Waals surface area contributed by atoms with Gasteiger partial charge in [0.15, 0.2) is 5.78 Å². The van der Waals surface area contributed by atoms with Crippen molar-refractivity contribution < 1.29 is 14.7 Å². The van der Waals surface area contributed by atoms with Crippen molar-refractivity contribution in [3.05, 3.63) is 29.6 Å². The number of carbonyl (C=O) groups excluding carboxylic acids is 1. The molecule has 0 spiro atoms. The molecule has 1 heterocycles. The molecule has 0 aromatic carbocycles. The second-order valence-electron chi connectivity index (χ2n) is 2.98. The SMILES string of the molecule is Cc1cccc(C(=O)CCC(=O)O)n1. The number of carbonyl (C=O) groups is 2. The Kier molecular flexibility index (Phi) is 3.34. The van der Waals surface area contributed by atoms with E-state index in [1.807, 2.05) is 0 Å². The lowest BCUT2D eigenvalue weighted by Crippen LogP contribution is -2.06. The molecule has 74 valence electrons. The number of pyridine rings is 1. The summed E-state index contributed by atoms with van der Waals surface area (Å²) in [7, 11) is 0. The number of nitrogens with zero attached hydrogens (tertiary/aromatic N) is 1. The Morgan fingerprint density at radius 3 is 2.64 bits per heavy atom. The van der Waals surface area contributed by atoms with Crippen LogP contribution in [0.2, 0.25) is 0 Å². The summed E-state index contributed by atoms with van der Waals surface area (Å²) in [5, 5.41) is 8.39. The van der Waals surface area contributed by atoms with Crippen LogP contribution in [0.15, 0.2) is 18.2 Å². The van der Waals surface area contributed by atoms with E-state index >= 15 is 0 Å². The third-order valence-corrected chi connectivity index (χ3v) is 1.74. The molecule has 1 N–H and O–H groups in total. The van der Waals surface area contributed by atoms with Crippen LogP contribution in [0.25, 0.3) is 0 Å². The fourth-order valence-electron chi connectivity index (χ4n) is 1.05. The highest BCUT2D eigenvalue weighted by Crippen LogP contribution is 2.03. The van der Waals surface area contributed by atoms with Crippen LogP contribution in [0.1, 0.15) is 29.0 Å². The van der Waals surface area contributed by atoms with E-state index in [0.29, 0.717) is 5.69 Å². The van der Waals surface area contributed by atoms with Gasteiger partial charge < -0.3 is 5.11 Å². The van der Waals surface area contributed by atoms with Gasteiger partial charge in [-0.25, -0.2) is 0 Å². The van der Waals surface area contributed by atoms with Crippen molar-refractivity contribution in [2.75, 3.05) is 0 Å². The van der Waals surface area contributed by atoms with Crippen LogP contribution in [0.5, 0.6) is 0 Å². The Morgan fingerprint density at radius 1 is 1.36 bits per heavy atom. The van der Waals surface area contributed by atoms with Crippen molar-refractivity contribution in [2.45, 2.75) is 19.8 Å². The number of Topliss-reactive ketones (excluding diaryl/α,β-unsaturated/α-hetero) is 1. The third kappa shape index (κ3) is 2.97. The summed E-state index contributed by atoms with van der Waals surface area (Å²) in [6.45, 7) is 1.79. The number of carboxylic acids is 1. The van der Waals surface area contributed by atoms with Gasteiger partial charge in [0, 0.05) is 12.1 Å². The first kappa shape index (κ1) is 10.4. The van der Waals surface area contributed by atoms with Crippen molar-refractivity contribution in [3.8, 4) is 0 Å². The second-order valence-corrected chi connectivity index (χ2v) is 2.98. The molecule has 0 aliphatic rings. The van der Waals surface area contributed by atoms with Crippen molar-refractivity contribution >= 4 is 11.8 Å². The van der Waals surface area contributed by atoms with E-state index in [-0.39, 0.29) is 18.6 Å². The van der Waals surface area contributed by atoms with Gasteiger partial charge >= 0.3 is 5.97 Å². The average Bonchev–Trinajstić information content (AvgIpc) is 2.14. The van der Waals surface area contributed by atoms with Crippen LogP contribution in [0, 0.1) is 6.92 Å². The summed E-state index contributed by atoms with van der Waals surface area (Å²) >= 11 is 0. The van der Waals surface area contributed by atoms with Gasteiger partial charge in [-0.3, -0.25) is 14.6 Å². The third-order valence-electron chi connectivity index (χ3n) is 1.74. The summed E-state index contributed by atoms with van der Waals surface area (Å²) in [5.41, 5.74) is 1.09. The van der Waals surface area contributed by atoms with Gasteiger partial charge in [0.05, 0.1) is 6.42 Å². The Hall–Kier alpha value is -1.71. The molecule has 0 amide bonds. The highest BCUT2D eigenvalue weighted by molar-refractivity contribution is 5.95. The van der Waals surface area contributed by atoms with Gasteiger partial charge in [-0.2, -0.15) is 0 Å². The van der Waals surface area contributed by atoms with Gasteiger partial charge in [0.1, 0.15) is 5.69 Å². The lowest BCUT2D eigenvalue weighted by atomic mass is 10.1. The minimum atomic E-state index is -0.967. The molecule has 4 nitrogen and oxygen atoms in total. The van der Waals surface area contributed by atoms with E-state index in [1.54, 1.807) is 25.1 Å². The molecule has 0 radical (unpaired) electrons. The summed E-state index contributed by atoms with van der Waals surface area (Å²) in [6.07, 6.45) is -0.139. The molecule has 0 unspecified atom stereocenters. The fourth-order valence-corrected chi connectivity index (χ4v) is 1.05. The Balaban J connectivity index is 2.65. The van der Waals surface area contributed by atoms with Crippen LogP contribution in [-0.2, 0) is 4.79 Å². The minimum Gasteiger partial charge on any atom is -0.481 e. The molecule has 0 atom stereocenters. The number of carboxylic acid groups (broad SMARTS) is 1. The minimum absolute atomic E-state index is 0.00574. The first-order chi connectivity index (χ1) is 6.59. The number of aliphatic carboxylic acids is 1. The van der Waals surface area contributed by atoms with Crippen molar-refractivity contribution in [3.63, 3.8) is 0 Å². The molecule has 0 saturated heterocycles. The van der Waals surface area contributed by atoms with E-state index in [4.69, 9.17) is 5.11 Å². The highest BCUT2D eigenvalue weighted by Gasteiger charge is 2.09.